The van der Waals surface area contributed by atoms with E-state index in [1.165, 1.54) is 28.4 Å². The predicted octanol–water partition coefficient (Wildman–Crippen LogP) is 5.99. The van der Waals surface area contributed by atoms with Crippen LogP contribution in [0.1, 0.15) is 45.7 Å². The number of hydrogen-bond acceptors (Lipinski definition) is 14. The number of carbonyl (C=O) groups excluding carboxylic acids is 4. The normalized spacial score (nSPS) is 10.7. The van der Waals surface area contributed by atoms with Crippen molar-refractivity contribution in [3.63, 3.8) is 0 Å². The van der Waals surface area contributed by atoms with Gasteiger partial charge in [-0.2, -0.15) is 0 Å². The maximum absolute atomic E-state index is 13.5. The van der Waals surface area contributed by atoms with Crippen LogP contribution in [0.25, 0.3) is 32.7 Å². The number of fused-ring (bicyclic) bond motifs is 2. The SMILES string of the molecule is C=CCc1cc2c(-c3c(O)c(C(=O)OC)c(OC)c4c(OC(C)=O)c(OC)c(CC=C)cc34)c(OC)c(C(=O)OC)c(O)c2c(OC(C)=O)c1OC. The summed E-state index contributed by atoms with van der Waals surface area (Å²) in [4.78, 5) is 52.2. The summed E-state index contributed by atoms with van der Waals surface area (Å²) in [6.07, 6.45) is 3.42. The van der Waals surface area contributed by atoms with Gasteiger partial charge in [0.2, 0.25) is 0 Å². The smallest absolute Gasteiger partial charge is 0.345 e. The fourth-order valence-corrected chi connectivity index (χ4v) is 6.24. The Morgan fingerprint density at radius 2 is 0.981 bits per heavy atom. The molecule has 4 rings (SSSR count). The molecule has 14 heteroatoms. The van der Waals surface area contributed by atoms with Crippen LogP contribution >= 0.6 is 0 Å². The zero-order valence-corrected chi connectivity index (χ0v) is 29.9. The number of phenols is 2. The van der Waals surface area contributed by atoms with Crippen LogP contribution in [0, 0.1) is 0 Å². The summed E-state index contributed by atoms with van der Waals surface area (Å²) in [5, 5.41) is 24.0. The summed E-state index contributed by atoms with van der Waals surface area (Å²) < 4.78 is 44.3. The molecule has 0 aromatic heterocycles. The molecule has 0 saturated heterocycles. The van der Waals surface area contributed by atoms with E-state index < -0.39 is 46.5 Å². The number of phenolic OH excluding ortho intramolecular Hbond substituents is 2. The zero-order valence-electron chi connectivity index (χ0n) is 29.9. The molecular weight excluding hydrogens is 680 g/mol. The Morgan fingerprint density at radius 3 is 1.37 bits per heavy atom. The number of hydrogen-bond donors (Lipinski definition) is 2. The molecule has 0 aliphatic heterocycles. The third-order valence-electron chi connectivity index (χ3n) is 8.09. The van der Waals surface area contributed by atoms with Gasteiger partial charge >= 0.3 is 23.9 Å². The Morgan fingerprint density at radius 1 is 0.577 bits per heavy atom. The molecule has 0 amide bonds. The minimum atomic E-state index is -1.08. The van der Waals surface area contributed by atoms with Crippen LogP contribution in [0.4, 0.5) is 0 Å². The molecule has 2 N–H and O–H groups in total. The fraction of sp³-hybridized carbons (Fsp3) is 0.263. The zero-order chi connectivity index (χ0) is 38.6. The van der Waals surface area contributed by atoms with E-state index in [4.69, 9.17) is 37.9 Å². The monoisotopic (exact) mass is 718 g/mol. The number of allylic oxidation sites excluding steroid dienone is 2. The van der Waals surface area contributed by atoms with Crippen molar-refractivity contribution in [3.8, 4) is 57.1 Å². The van der Waals surface area contributed by atoms with E-state index in [1.54, 1.807) is 24.3 Å². The second-order valence-corrected chi connectivity index (χ2v) is 11.1. The standard InChI is InChI=1S/C38H38O14/c1-11-13-19-15-21-23(29(41)27(37(43)49-9)34(48-8)26(21)36(32(19)46-6)52-18(4)40)24-22-16-20(14-12-2)31(45-5)35(51-17(3)39)25(22)30(42)28(33(24)47-7)38(44)50-10/h11-12,15-16,41-42H,1-2,13-14H2,3-10H3. The van der Waals surface area contributed by atoms with Crippen LogP contribution < -0.4 is 28.4 Å². The van der Waals surface area contributed by atoms with Gasteiger partial charge in [-0.05, 0) is 25.0 Å². The lowest BCUT2D eigenvalue weighted by Crippen LogP contribution is -2.12. The van der Waals surface area contributed by atoms with Gasteiger partial charge in [0.15, 0.2) is 23.0 Å². The number of ether oxygens (including phenoxy) is 8. The van der Waals surface area contributed by atoms with Crippen LogP contribution in [0.15, 0.2) is 37.4 Å². The molecule has 0 spiro atoms. The molecule has 4 aromatic carbocycles. The molecular formula is C38H38O14. The Balaban J connectivity index is 2.60. The molecule has 0 aliphatic rings. The fourth-order valence-electron chi connectivity index (χ4n) is 6.24. The van der Waals surface area contributed by atoms with Gasteiger partial charge in [0.05, 0.1) is 53.4 Å². The minimum absolute atomic E-state index is 0.0269. The summed E-state index contributed by atoms with van der Waals surface area (Å²) in [7, 11) is 7.25. The quantitative estimate of drug-likeness (QED) is 0.0934. The van der Waals surface area contributed by atoms with Gasteiger partial charge in [0.1, 0.15) is 34.1 Å². The Hall–Kier alpha value is -6.44. The van der Waals surface area contributed by atoms with E-state index in [0.29, 0.717) is 11.1 Å². The first-order valence-electron chi connectivity index (χ1n) is 15.5. The Bertz CT molecular complexity index is 2160. The van der Waals surface area contributed by atoms with Crippen molar-refractivity contribution in [2.24, 2.45) is 0 Å². The van der Waals surface area contributed by atoms with Gasteiger partial charge in [-0.15, -0.1) is 13.2 Å². The molecule has 0 fully saturated rings. The number of carbonyl (C=O) groups is 4. The lowest BCUT2D eigenvalue weighted by atomic mass is 9.85. The van der Waals surface area contributed by atoms with Gasteiger partial charge in [-0.3, -0.25) is 9.59 Å². The average Bonchev–Trinajstić information content (AvgIpc) is 3.10. The Kier molecular flexibility index (Phi) is 11.5. The van der Waals surface area contributed by atoms with Crippen molar-refractivity contribution in [2.75, 3.05) is 42.7 Å². The van der Waals surface area contributed by atoms with E-state index in [0.717, 1.165) is 28.1 Å². The third kappa shape index (κ3) is 6.34. The van der Waals surface area contributed by atoms with Crippen LogP contribution in [-0.4, -0.2) is 76.7 Å². The summed E-state index contributed by atoms with van der Waals surface area (Å²) in [5.74, 6) is -6.09. The number of aromatic hydroxyl groups is 2. The molecule has 0 atom stereocenters. The van der Waals surface area contributed by atoms with Crippen molar-refractivity contribution in [1.82, 2.24) is 0 Å². The number of methoxy groups -OCH3 is 6. The van der Waals surface area contributed by atoms with Gasteiger partial charge < -0.3 is 48.1 Å². The molecule has 0 radical (unpaired) electrons. The van der Waals surface area contributed by atoms with E-state index >= 15 is 0 Å². The van der Waals surface area contributed by atoms with Crippen LogP contribution in [-0.2, 0) is 31.9 Å². The average molecular weight is 719 g/mol. The number of benzene rings is 4. The van der Waals surface area contributed by atoms with E-state index in [-0.39, 0.29) is 80.0 Å². The predicted molar refractivity (Wildman–Crippen MR) is 190 cm³/mol. The second-order valence-electron chi connectivity index (χ2n) is 11.1. The van der Waals surface area contributed by atoms with E-state index in [1.807, 2.05) is 0 Å². The molecule has 52 heavy (non-hydrogen) atoms. The molecule has 4 aromatic rings. The van der Waals surface area contributed by atoms with Gasteiger partial charge in [-0.1, -0.05) is 12.2 Å². The molecule has 274 valence electrons. The first-order valence-corrected chi connectivity index (χ1v) is 15.5. The van der Waals surface area contributed by atoms with Crippen LogP contribution in [0.2, 0.25) is 0 Å². The first-order chi connectivity index (χ1) is 24.8. The van der Waals surface area contributed by atoms with Gasteiger partial charge in [-0.25, -0.2) is 9.59 Å². The summed E-state index contributed by atoms with van der Waals surface area (Å²) in [6, 6.07) is 3.13. The first kappa shape index (κ1) is 38.4. The largest absolute Gasteiger partial charge is 0.506 e. The summed E-state index contributed by atoms with van der Waals surface area (Å²) >= 11 is 0. The molecule has 0 bridgehead atoms. The van der Waals surface area contributed by atoms with Crippen molar-refractivity contribution >= 4 is 45.4 Å². The third-order valence-corrected chi connectivity index (χ3v) is 8.09. The van der Waals surface area contributed by atoms with Crippen LogP contribution in [0.3, 0.4) is 0 Å². The highest BCUT2D eigenvalue weighted by atomic mass is 16.6. The summed E-state index contributed by atoms with van der Waals surface area (Å²) in [5.41, 5.74) is -0.525. The molecule has 0 unspecified atom stereocenters. The maximum Gasteiger partial charge on any atom is 0.345 e. The maximum atomic E-state index is 13.5. The molecule has 0 aliphatic carbocycles. The lowest BCUT2D eigenvalue weighted by molar-refractivity contribution is -0.132. The highest BCUT2D eigenvalue weighted by Crippen LogP contribution is 2.58. The molecule has 0 heterocycles. The van der Waals surface area contributed by atoms with Gasteiger partial charge in [0.25, 0.3) is 0 Å². The van der Waals surface area contributed by atoms with E-state index in [9.17, 15) is 29.4 Å². The van der Waals surface area contributed by atoms with Crippen molar-refractivity contribution in [2.45, 2.75) is 26.7 Å². The summed E-state index contributed by atoms with van der Waals surface area (Å²) in [6.45, 7) is 9.91. The highest BCUT2D eigenvalue weighted by molar-refractivity contribution is 6.22. The lowest BCUT2D eigenvalue weighted by Gasteiger charge is -2.25. The van der Waals surface area contributed by atoms with Crippen molar-refractivity contribution in [1.29, 1.82) is 0 Å². The van der Waals surface area contributed by atoms with Gasteiger partial charge in [0, 0.05) is 46.9 Å². The Labute approximate surface area is 298 Å². The number of esters is 4. The topological polar surface area (TPSA) is 183 Å². The highest BCUT2D eigenvalue weighted by Gasteiger charge is 2.37. The number of rotatable bonds is 13. The second kappa shape index (κ2) is 15.6. The molecule has 0 saturated carbocycles. The van der Waals surface area contributed by atoms with E-state index in [2.05, 4.69) is 13.2 Å². The van der Waals surface area contributed by atoms with Crippen molar-refractivity contribution in [3.05, 3.63) is 59.7 Å². The van der Waals surface area contributed by atoms with Crippen molar-refractivity contribution < 1.29 is 67.3 Å². The molecule has 14 nitrogen and oxygen atoms in total. The van der Waals surface area contributed by atoms with Crippen LogP contribution in [0.5, 0.6) is 46.0 Å². The minimum Gasteiger partial charge on any atom is -0.506 e.